The van der Waals surface area contributed by atoms with Gasteiger partial charge in [-0.1, -0.05) is 38.1 Å². The number of nitrogens with one attached hydrogen (secondary N) is 1. The molecule has 3 heterocycles. The van der Waals surface area contributed by atoms with E-state index in [1.165, 1.54) is 24.1 Å². The fourth-order valence-electron chi connectivity index (χ4n) is 4.40. The number of aromatic nitrogens is 2. The van der Waals surface area contributed by atoms with Gasteiger partial charge in [-0.2, -0.15) is 0 Å². The summed E-state index contributed by atoms with van der Waals surface area (Å²) in [7, 11) is 0. The van der Waals surface area contributed by atoms with Gasteiger partial charge in [0.2, 0.25) is 5.91 Å². The minimum Gasteiger partial charge on any atom is -0.372 e. The van der Waals surface area contributed by atoms with Crippen molar-refractivity contribution >= 4 is 33.6 Å². The molecule has 1 saturated heterocycles. The van der Waals surface area contributed by atoms with E-state index in [2.05, 4.69) is 60.5 Å². The molecule has 0 bridgehead atoms. The molecule has 33 heavy (non-hydrogen) atoms. The summed E-state index contributed by atoms with van der Waals surface area (Å²) >= 11 is 1.57. The highest BCUT2D eigenvalue weighted by Crippen LogP contribution is 2.26. The van der Waals surface area contributed by atoms with Gasteiger partial charge in [-0.25, -0.2) is 4.98 Å². The van der Waals surface area contributed by atoms with Crippen molar-refractivity contribution in [2.75, 3.05) is 23.3 Å². The van der Waals surface area contributed by atoms with Gasteiger partial charge in [0.25, 0.3) is 0 Å². The maximum Gasteiger partial charge on any atom is 0.230 e. The molecule has 0 saturated carbocycles. The molecule has 1 amide bonds. The number of benzene rings is 2. The zero-order chi connectivity index (χ0) is 22.8. The predicted octanol–water partition coefficient (Wildman–Crippen LogP) is 6.04. The maximum atomic E-state index is 12.7. The average molecular weight is 459 g/mol. The van der Waals surface area contributed by atoms with Gasteiger partial charge in [0.05, 0.1) is 12.1 Å². The van der Waals surface area contributed by atoms with Gasteiger partial charge in [-0.05, 0) is 55.0 Å². The first-order valence-electron chi connectivity index (χ1n) is 11.8. The van der Waals surface area contributed by atoms with Gasteiger partial charge in [0.15, 0.2) is 4.96 Å². The third-order valence-electron chi connectivity index (χ3n) is 6.58. The fraction of sp³-hybridized carbons (Fsp3) is 0.333. The number of anilines is 2. The van der Waals surface area contributed by atoms with Crippen molar-refractivity contribution in [2.45, 2.75) is 39.5 Å². The number of amides is 1. The molecule has 0 atom stereocenters. The van der Waals surface area contributed by atoms with Crippen LogP contribution in [0, 0.1) is 5.92 Å². The second kappa shape index (κ2) is 9.40. The van der Waals surface area contributed by atoms with Crippen molar-refractivity contribution in [1.29, 1.82) is 0 Å². The summed E-state index contributed by atoms with van der Waals surface area (Å²) in [5, 5.41) is 5.07. The second-order valence-electron chi connectivity index (χ2n) is 9.00. The Morgan fingerprint density at radius 3 is 2.52 bits per heavy atom. The second-order valence-corrected chi connectivity index (χ2v) is 9.83. The molecule has 1 aliphatic heterocycles. The van der Waals surface area contributed by atoms with E-state index in [1.54, 1.807) is 11.3 Å². The van der Waals surface area contributed by atoms with E-state index in [1.807, 2.05) is 28.1 Å². The minimum absolute atomic E-state index is 0.0169. The summed E-state index contributed by atoms with van der Waals surface area (Å²) < 4.78 is 2.04. The summed E-state index contributed by atoms with van der Waals surface area (Å²) in [6.45, 7) is 6.70. The van der Waals surface area contributed by atoms with Gasteiger partial charge >= 0.3 is 0 Å². The Hall–Kier alpha value is -3.12. The highest BCUT2D eigenvalue weighted by atomic mass is 32.1. The van der Waals surface area contributed by atoms with E-state index in [4.69, 9.17) is 4.98 Å². The van der Waals surface area contributed by atoms with Gasteiger partial charge in [0, 0.05) is 47.3 Å². The number of nitrogens with zero attached hydrogens (tertiary/aromatic N) is 3. The van der Waals surface area contributed by atoms with E-state index in [9.17, 15) is 4.79 Å². The Balaban J connectivity index is 1.24. The molecular weight excluding hydrogens is 428 g/mol. The van der Waals surface area contributed by atoms with E-state index >= 15 is 0 Å². The van der Waals surface area contributed by atoms with Crippen LogP contribution < -0.4 is 10.2 Å². The molecule has 2 aromatic heterocycles. The third-order valence-corrected chi connectivity index (χ3v) is 7.47. The Morgan fingerprint density at radius 2 is 1.82 bits per heavy atom. The molecule has 4 aromatic rings. The number of hydrogen-bond acceptors (Lipinski definition) is 4. The number of thiazole rings is 1. The topological polar surface area (TPSA) is 49.6 Å². The first kappa shape index (κ1) is 21.7. The number of imidazole rings is 1. The molecule has 1 fully saturated rings. The highest BCUT2D eigenvalue weighted by molar-refractivity contribution is 7.15. The lowest BCUT2D eigenvalue weighted by molar-refractivity contribution is -0.115. The highest BCUT2D eigenvalue weighted by Gasteiger charge is 2.16. The van der Waals surface area contributed by atoms with E-state index < -0.39 is 0 Å². The number of aryl methyl sites for hydroxylation is 1. The molecular formula is C27H30N4OS. The lowest BCUT2D eigenvalue weighted by Crippen LogP contribution is -2.32. The minimum atomic E-state index is -0.0169. The lowest BCUT2D eigenvalue weighted by atomic mass is 9.99. The fourth-order valence-corrected chi connectivity index (χ4v) is 5.27. The Bertz CT molecular complexity index is 1230. The van der Waals surface area contributed by atoms with E-state index in [0.717, 1.165) is 53.0 Å². The van der Waals surface area contributed by atoms with Crippen LogP contribution in [0.1, 0.15) is 37.9 Å². The largest absolute Gasteiger partial charge is 0.372 e. The Kier molecular flexibility index (Phi) is 6.18. The van der Waals surface area contributed by atoms with Crippen LogP contribution in [0.25, 0.3) is 16.2 Å². The van der Waals surface area contributed by atoms with E-state index in [-0.39, 0.29) is 5.91 Å². The number of piperidine rings is 1. The summed E-state index contributed by atoms with van der Waals surface area (Å²) in [6, 6.07) is 16.8. The summed E-state index contributed by atoms with van der Waals surface area (Å²) in [4.78, 5) is 20.8. The first-order chi connectivity index (χ1) is 16.1. The van der Waals surface area contributed by atoms with Crippen LogP contribution in [0.15, 0.2) is 60.1 Å². The summed E-state index contributed by atoms with van der Waals surface area (Å²) in [5.74, 6) is 0.799. The number of rotatable bonds is 6. The van der Waals surface area contributed by atoms with E-state index in [0.29, 0.717) is 6.42 Å². The zero-order valence-corrected chi connectivity index (χ0v) is 20.1. The normalized spacial score (nSPS) is 14.7. The lowest BCUT2D eigenvalue weighted by Gasteiger charge is -2.32. The van der Waals surface area contributed by atoms with Crippen molar-refractivity contribution in [2.24, 2.45) is 5.92 Å². The maximum absolute atomic E-state index is 12.7. The number of carbonyl (C=O) groups is 1. The number of fused-ring (bicyclic) bond motifs is 1. The molecule has 0 unspecified atom stereocenters. The number of hydrogen-bond donors (Lipinski definition) is 1. The zero-order valence-electron chi connectivity index (χ0n) is 19.3. The average Bonchev–Trinajstić information content (AvgIpc) is 3.42. The molecule has 2 aromatic carbocycles. The predicted molar refractivity (Wildman–Crippen MR) is 137 cm³/mol. The van der Waals surface area contributed by atoms with Crippen molar-refractivity contribution in [3.63, 3.8) is 0 Å². The molecule has 5 nitrogen and oxygen atoms in total. The quantitative estimate of drug-likeness (QED) is 0.383. The molecule has 170 valence electrons. The van der Waals surface area contributed by atoms with Gasteiger partial charge < -0.3 is 10.2 Å². The molecule has 1 aliphatic rings. The Labute approximate surface area is 199 Å². The Morgan fingerprint density at radius 1 is 1.09 bits per heavy atom. The molecule has 6 heteroatoms. The van der Waals surface area contributed by atoms with Crippen LogP contribution in [0.5, 0.6) is 0 Å². The van der Waals surface area contributed by atoms with Crippen molar-refractivity contribution < 1.29 is 4.79 Å². The van der Waals surface area contributed by atoms with Crippen LogP contribution >= 0.6 is 11.3 Å². The molecule has 0 spiro atoms. The van der Waals surface area contributed by atoms with Crippen molar-refractivity contribution in [1.82, 2.24) is 9.38 Å². The summed E-state index contributed by atoms with van der Waals surface area (Å²) in [6.07, 6.45) is 5.86. The van der Waals surface area contributed by atoms with Crippen molar-refractivity contribution in [3.8, 4) is 11.3 Å². The smallest absolute Gasteiger partial charge is 0.230 e. The van der Waals surface area contributed by atoms with Crippen LogP contribution in [0.3, 0.4) is 0 Å². The van der Waals surface area contributed by atoms with Gasteiger partial charge in [-0.15, -0.1) is 11.3 Å². The standard InChI is InChI=1S/C27H30N4OS/c1-3-20-4-6-21(7-5-20)25-17-31-24(18-33-27(31)29-25)16-26(32)28-22-8-10-23(11-9-22)30-14-12-19(2)13-15-30/h4-11,17-19H,3,12-16H2,1-2H3,(H,28,32). The molecule has 1 N–H and O–H groups in total. The monoisotopic (exact) mass is 458 g/mol. The first-order valence-corrected chi connectivity index (χ1v) is 12.7. The molecule has 5 rings (SSSR count). The number of carbonyl (C=O) groups excluding carboxylic acids is 1. The SMILES string of the molecule is CCc1ccc(-c2cn3c(CC(=O)Nc4ccc(N5CCC(C)CC5)cc4)csc3n2)cc1. The summed E-state index contributed by atoms with van der Waals surface area (Å²) in [5.41, 5.74) is 6.38. The van der Waals surface area contributed by atoms with Gasteiger partial charge in [0.1, 0.15) is 0 Å². The van der Waals surface area contributed by atoms with Gasteiger partial charge in [-0.3, -0.25) is 9.20 Å². The van der Waals surface area contributed by atoms with Crippen molar-refractivity contribution in [3.05, 3.63) is 71.4 Å². The van der Waals surface area contributed by atoms with Crippen LogP contribution in [-0.4, -0.2) is 28.4 Å². The van der Waals surface area contributed by atoms with Crippen LogP contribution in [0.2, 0.25) is 0 Å². The van der Waals surface area contributed by atoms with Crippen LogP contribution in [-0.2, 0) is 17.6 Å². The molecule has 0 radical (unpaired) electrons. The van der Waals surface area contributed by atoms with Crippen LogP contribution in [0.4, 0.5) is 11.4 Å². The molecule has 0 aliphatic carbocycles. The third kappa shape index (κ3) is 4.81.